The molecule has 1 unspecified atom stereocenters. The average molecular weight is 375 g/mol. The molecule has 1 aliphatic heterocycles. The molecule has 0 aromatic heterocycles. The Bertz CT molecular complexity index is 674. The highest BCUT2D eigenvalue weighted by Gasteiger charge is 2.61. The summed E-state index contributed by atoms with van der Waals surface area (Å²) in [6.45, 7) is 9.37. The van der Waals surface area contributed by atoms with Gasteiger partial charge in [0.25, 0.3) is 0 Å². The van der Waals surface area contributed by atoms with Crippen LogP contribution >= 0.6 is 21.6 Å². The molecule has 4 aliphatic carbocycles. The summed E-state index contributed by atoms with van der Waals surface area (Å²) in [5.41, 5.74) is 3.36. The zero-order valence-electron chi connectivity index (χ0n) is 15.6. The fourth-order valence-electron chi connectivity index (χ4n) is 7.32. The van der Waals surface area contributed by atoms with Crippen LogP contribution in [-0.2, 0) is 4.79 Å². The largest absolute Gasteiger partial charge is 0.299 e. The smallest absolute Gasteiger partial charge is 0.139 e. The van der Waals surface area contributed by atoms with Crippen molar-refractivity contribution >= 4 is 27.4 Å². The van der Waals surface area contributed by atoms with Gasteiger partial charge >= 0.3 is 0 Å². The highest BCUT2D eigenvalue weighted by molar-refractivity contribution is 8.77. The molecule has 3 heteroatoms. The molecular weight excluding hydrogens is 344 g/mol. The van der Waals surface area contributed by atoms with Gasteiger partial charge in [-0.1, -0.05) is 59.2 Å². The van der Waals surface area contributed by atoms with Crippen molar-refractivity contribution in [1.82, 2.24) is 0 Å². The second-order valence-electron chi connectivity index (χ2n) is 9.81. The summed E-state index contributed by atoms with van der Waals surface area (Å²) in [5, 5.41) is 0. The molecule has 136 valence electrons. The van der Waals surface area contributed by atoms with Crippen LogP contribution in [-0.4, -0.2) is 16.3 Å². The molecule has 0 bridgehead atoms. The highest BCUT2D eigenvalue weighted by atomic mass is 33.1. The number of hydrogen-bond acceptors (Lipinski definition) is 3. The van der Waals surface area contributed by atoms with E-state index in [0.29, 0.717) is 33.7 Å². The molecule has 5 aliphatic rings. The Labute approximate surface area is 160 Å². The van der Waals surface area contributed by atoms with E-state index in [1.165, 1.54) is 43.4 Å². The van der Waals surface area contributed by atoms with Gasteiger partial charge in [-0.05, 0) is 68.1 Å². The Hall–Kier alpha value is -0.150. The third kappa shape index (κ3) is 2.21. The predicted molar refractivity (Wildman–Crippen MR) is 109 cm³/mol. The first-order valence-electron chi connectivity index (χ1n) is 10.1. The van der Waals surface area contributed by atoms with Gasteiger partial charge in [0.1, 0.15) is 5.78 Å². The lowest BCUT2D eigenvalue weighted by Gasteiger charge is -2.59. The van der Waals surface area contributed by atoms with E-state index in [0.717, 1.165) is 19.3 Å². The van der Waals surface area contributed by atoms with Crippen molar-refractivity contribution in [2.24, 2.45) is 28.6 Å². The third-order valence-corrected chi connectivity index (χ3v) is 11.8. The molecule has 3 saturated carbocycles. The van der Waals surface area contributed by atoms with Crippen molar-refractivity contribution in [1.29, 1.82) is 0 Å². The fourth-order valence-corrected chi connectivity index (χ4v) is 10.6. The van der Waals surface area contributed by atoms with Crippen LogP contribution in [0.2, 0.25) is 0 Å². The summed E-state index contributed by atoms with van der Waals surface area (Å²) < 4.78 is 0.431. The molecular formula is C22H30OS2. The average Bonchev–Trinajstić information content (AvgIpc) is 3.13. The lowest BCUT2D eigenvalue weighted by molar-refractivity contribution is -0.129. The molecule has 1 nitrogen and oxygen atoms in total. The van der Waals surface area contributed by atoms with Crippen LogP contribution in [0.3, 0.4) is 0 Å². The van der Waals surface area contributed by atoms with Gasteiger partial charge in [-0.25, -0.2) is 0 Å². The van der Waals surface area contributed by atoms with Crippen LogP contribution in [0.4, 0.5) is 0 Å². The first-order valence-corrected chi connectivity index (χ1v) is 12.4. The third-order valence-electron chi connectivity index (χ3n) is 8.62. The minimum atomic E-state index is -0.0936. The number of rotatable bonds is 0. The first-order chi connectivity index (χ1) is 11.9. The van der Waals surface area contributed by atoms with E-state index in [2.05, 4.69) is 48.1 Å². The van der Waals surface area contributed by atoms with Gasteiger partial charge in [-0.3, -0.25) is 4.79 Å². The van der Waals surface area contributed by atoms with Crippen LogP contribution in [0.15, 0.2) is 23.8 Å². The number of hydrogen-bond donors (Lipinski definition) is 0. The van der Waals surface area contributed by atoms with E-state index in [-0.39, 0.29) is 5.41 Å². The van der Waals surface area contributed by atoms with E-state index in [1.54, 1.807) is 5.57 Å². The van der Waals surface area contributed by atoms with Gasteiger partial charge in [0.15, 0.2) is 0 Å². The molecule has 0 N–H and O–H groups in total. The summed E-state index contributed by atoms with van der Waals surface area (Å²) in [4.78, 5) is 12.6. The van der Waals surface area contributed by atoms with Crippen LogP contribution in [0.25, 0.3) is 0 Å². The molecule has 5 rings (SSSR count). The van der Waals surface area contributed by atoms with E-state index < -0.39 is 0 Å². The molecule has 6 atom stereocenters. The summed E-state index contributed by atoms with van der Waals surface area (Å²) in [6, 6.07) is 0. The van der Waals surface area contributed by atoms with Gasteiger partial charge in [0, 0.05) is 22.3 Å². The van der Waals surface area contributed by atoms with Crippen molar-refractivity contribution in [2.45, 2.75) is 70.0 Å². The molecule has 1 saturated heterocycles. The number of allylic oxidation sites excluding steroid dienone is 2. The number of fused-ring (bicyclic) bond motifs is 5. The minimum Gasteiger partial charge on any atom is -0.299 e. The lowest BCUT2D eigenvalue weighted by atomic mass is 9.46. The standard InChI is InChI=1S/C22H30OS2/c1-14-12-21(3)17(6-7-18(21)23)16-5-4-15-13-22(10-11-24-25-22)9-8-20(15,2)19(14)16/h13,16-17,19H,1,4-12H2,2-3H3/t16-,17-,19-,20-,21-,22?/m0/s1. The van der Waals surface area contributed by atoms with Gasteiger partial charge in [0.2, 0.25) is 0 Å². The Morgan fingerprint density at radius 1 is 1.12 bits per heavy atom. The lowest BCUT2D eigenvalue weighted by Crippen LogP contribution is -2.52. The van der Waals surface area contributed by atoms with Crippen molar-refractivity contribution in [2.75, 3.05) is 5.75 Å². The van der Waals surface area contributed by atoms with Crippen LogP contribution in [0.1, 0.15) is 65.2 Å². The summed E-state index contributed by atoms with van der Waals surface area (Å²) in [6.07, 6.45) is 12.2. The van der Waals surface area contributed by atoms with Crippen LogP contribution in [0, 0.1) is 28.6 Å². The van der Waals surface area contributed by atoms with Gasteiger partial charge in [0.05, 0.1) is 0 Å². The predicted octanol–water partition coefficient (Wildman–Crippen LogP) is 6.21. The SMILES string of the molecule is C=C1C[C@]2(C)C(=O)CC[C@H]2[C@@H]2CCC3=CC4(CCSS4)CC[C@]3(C)[C@@H]12. The Balaban J connectivity index is 1.53. The molecule has 4 fully saturated rings. The molecule has 25 heavy (non-hydrogen) atoms. The maximum atomic E-state index is 12.6. The zero-order valence-corrected chi connectivity index (χ0v) is 17.2. The monoisotopic (exact) mass is 374 g/mol. The van der Waals surface area contributed by atoms with Crippen molar-refractivity contribution in [3.05, 3.63) is 23.8 Å². The minimum absolute atomic E-state index is 0.0936. The molecule has 0 aromatic rings. The Kier molecular flexibility index (Phi) is 3.69. The van der Waals surface area contributed by atoms with Crippen molar-refractivity contribution < 1.29 is 4.79 Å². The van der Waals surface area contributed by atoms with Crippen molar-refractivity contribution in [3.8, 4) is 0 Å². The number of Topliss-reactive ketones (excluding diaryl/α,β-unsaturated/α-hetero) is 1. The first kappa shape index (κ1) is 17.0. The Morgan fingerprint density at radius 3 is 2.72 bits per heavy atom. The highest BCUT2D eigenvalue weighted by Crippen LogP contribution is 2.68. The number of carbonyl (C=O) groups excluding carboxylic acids is 1. The molecule has 0 aromatic carbocycles. The quantitative estimate of drug-likeness (QED) is 0.371. The van der Waals surface area contributed by atoms with E-state index in [9.17, 15) is 4.79 Å². The molecule has 1 spiro atoms. The van der Waals surface area contributed by atoms with Crippen LogP contribution in [0.5, 0.6) is 0 Å². The Morgan fingerprint density at radius 2 is 1.96 bits per heavy atom. The van der Waals surface area contributed by atoms with Crippen molar-refractivity contribution in [3.63, 3.8) is 0 Å². The normalized spacial score (nSPS) is 51.9. The maximum Gasteiger partial charge on any atom is 0.139 e. The zero-order chi connectivity index (χ0) is 17.4. The fraction of sp³-hybridized carbons (Fsp3) is 0.773. The second kappa shape index (κ2) is 5.44. The molecule has 0 radical (unpaired) electrons. The topological polar surface area (TPSA) is 17.1 Å². The van der Waals surface area contributed by atoms with E-state index >= 15 is 0 Å². The van der Waals surface area contributed by atoms with Gasteiger partial charge in [-0.15, -0.1) is 0 Å². The molecule has 0 amide bonds. The summed E-state index contributed by atoms with van der Waals surface area (Å²) in [7, 11) is 4.21. The number of ketones is 1. The summed E-state index contributed by atoms with van der Waals surface area (Å²) >= 11 is 0. The summed E-state index contributed by atoms with van der Waals surface area (Å²) in [5.74, 6) is 3.76. The van der Waals surface area contributed by atoms with Crippen LogP contribution < -0.4 is 0 Å². The van der Waals surface area contributed by atoms with E-state index in [1.807, 2.05) is 0 Å². The molecule has 1 heterocycles. The van der Waals surface area contributed by atoms with Gasteiger partial charge in [-0.2, -0.15) is 0 Å². The van der Waals surface area contributed by atoms with E-state index in [4.69, 9.17) is 0 Å². The number of carbonyl (C=O) groups is 1. The second-order valence-corrected chi connectivity index (χ2v) is 12.6. The van der Waals surface area contributed by atoms with Gasteiger partial charge < -0.3 is 0 Å². The maximum absolute atomic E-state index is 12.6.